The number of rotatable bonds is 0. The third-order valence-electron chi connectivity index (χ3n) is 2.86. The van der Waals surface area contributed by atoms with E-state index in [9.17, 15) is 5.11 Å². The number of phenolic OH excluding ortho intramolecular Hbond substituents is 1. The van der Waals surface area contributed by atoms with E-state index < -0.39 is 0 Å². The molecular formula is C11H12N2O. The van der Waals surface area contributed by atoms with Crippen LogP contribution in [-0.2, 0) is 13.0 Å². The molecule has 0 saturated heterocycles. The second-order valence-electron chi connectivity index (χ2n) is 3.95. The summed E-state index contributed by atoms with van der Waals surface area (Å²) < 4.78 is 2.24. The maximum atomic E-state index is 9.34. The molecule has 3 nitrogen and oxygen atoms in total. The van der Waals surface area contributed by atoms with Crippen molar-refractivity contribution in [1.29, 1.82) is 0 Å². The van der Waals surface area contributed by atoms with Gasteiger partial charge in [0.05, 0.1) is 0 Å². The SMILES string of the molecule is NC1Cc2cc3cc(O)ccc3n2C1. The summed E-state index contributed by atoms with van der Waals surface area (Å²) >= 11 is 0. The van der Waals surface area contributed by atoms with Crippen LogP contribution in [0.1, 0.15) is 5.69 Å². The van der Waals surface area contributed by atoms with Crippen molar-refractivity contribution in [2.45, 2.75) is 19.0 Å². The molecule has 0 amide bonds. The quantitative estimate of drug-likeness (QED) is 0.653. The predicted molar refractivity (Wildman–Crippen MR) is 55.3 cm³/mol. The standard InChI is InChI=1S/C11H12N2O/c12-8-5-9-3-7-4-10(14)1-2-11(7)13(9)6-8/h1-4,8,14H,5-6,12H2. The van der Waals surface area contributed by atoms with E-state index in [2.05, 4.69) is 10.6 Å². The predicted octanol–water partition coefficient (Wildman–Crippen LogP) is 1.23. The lowest BCUT2D eigenvalue weighted by Gasteiger charge is -2.02. The fourth-order valence-electron chi connectivity index (χ4n) is 2.27. The van der Waals surface area contributed by atoms with Crippen LogP contribution in [0.5, 0.6) is 5.75 Å². The molecule has 0 spiro atoms. The summed E-state index contributed by atoms with van der Waals surface area (Å²) in [6.07, 6.45) is 0.940. The molecule has 1 atom stereocenters. The minimum absolute atomic E-state index is 0.253. The van der Waals surface area contributed by atoms with Crippen molar-refractivity contribution in [3.8, 4) is 5.75 Å². The van der Waals surface area contributed by atoms with E-state index in [0.29, 0.717) is 5.75 Å². The summed E-state index contributed by atoms with van der Waals surface area (Å²) in [5, 5.41) is 10.4. The first-order valence-electron chi connectivity index (χ1n) is 4.81. The maximum absolute atomic E-state index is 9.34. The molecular weight excluding hydrogens is 176 g/mol. The van der Waals surface area contributed by atoms with Crippen LogP contribution in [0.15, 0.2) is 24.3 Å². The van der Waals surface area contributed by atoms with E-state index >= 15 is 0 Å². The van der Waals surface area contributed by atoms with Gasteiger partial charge < -0.3 is 15.4 Å². The lowest BCUT2D eigenvalue weighted by Crippen LogP contribution is -2.20. The number of aromatic hydroxyl groups is 1. The van der Waals surface area contributed by atoms with Gasteiger partial charge in [0, 0.05) is 35.6 Å². The lowest BCUT2D eigenvalue weighted by molar-refractivity contribution is 0.476. The van der Waals surface area contributed by atoms with Crippen molar-refractivity contribution in [1.82, 2.24) is 4.57 Å². The van der Waals surface area contributed by atoms with Gasteiger partial charge in [0.1, 0.15) is 5.75 Å². The Kier molecular flexibility index (Phi) is 1.42. The normalized spacial score (nSPS) is 20.2. The molecule has 0 fully saturated rings. The summed E-state index contributed by atoms with van der Waals surface area (Å²) in [5.41, 5.74) is 8.33. The number of benzene rings is 1. The first-order chi connectivity index (χ1) is 6.74. The zero-order valence-electron chi connectivity index (χ0n) is 7.77. The first kappa shape index (κ1) is 7.88. The van der Waals surface area contributed by atoms with Gasteiger partial charge in [-0.15, -0.1) is 0 Å². The lowest BCUT2D eigenvalue weighted by atomic mass is 10.2. The molecule has 3 rings (SSSR count). The Morgan fingerprint density at radius 3 is 3.07 bits per heavy atom. The zero-order valence-corrected chi connectivity index (χ0v) is 7.77. The molecule has 0 aliphatic carbocycles. The van der Waals surface area contributed by atoms with Gasteiger partial charge in [-0.25, -0.2) is 0 Å². The highest BCUT2D eigenvalue weighted by Gasteiger charge is 2.20. The fourth-order valence-corrected chi connectivity index (χ4v) is 2.27. The van der Waals surface area contributed by atoms with Crippen molar-refractivity contribution in [3.63, 3.8) is 0 Å². The largest absolute Gasteiger partial charge is 0.508 e. The summed E-state index contributed by atoms with van der Waals surface area (Å²) in [6.45, 7) is 0.892. The monoisotopic (exact) mass is 188 g/mol. The number of hydrogen-bond acceptors (Lipinski definition) is 2. The molecule has 1 unspecified atom stereocenters. The number of aromatic nitrogens is 1. The van der Waals surface area contributed by atoms with Gasteiger partial charge in [-0.1, -0.05) is 0 Å². The topological polar surface area (TPSA) is 51.2 Å². The maximum Gasteiger partial charge on any atom is 0.116 e. The van der Waals surface area contributed by atoms with Crippen molar-refractivity contribution in [3.05, 3.63) is 30.0 Å². The van der Waals surface area contributed by atoms with Crippen LogP contribution in [0.4, 0.5) is 0 Å². The van der Waals surface area contributed by atoms with E-state index in [1.807, 2.05) is 6.07 Å². The van der Waals surface area contributed by atoms with E-state index in [1.165, 1.54) is 11.2 Å². The van der Waals surface area contributed by atoms with E-state index in [4.69, 9.17) is 5.73 Å². The Morgan fingerprint density at radius 1 is 1.36 bits per heavy atom. The van der Waals surface area contributed by atoms with Gasteiger partial charge in [-0.3, -0.25) is 0 Å². The Labute approximate surface area is 81.8 Å². The molecule has 3 N–H and O–H groups in total. The molecule has 0 radical (unpaired) electrons. The van der Waals surface area contributed by atoms with Crippen LogP contribution < -0.4 is 5.73 Å². The molecule has 72 valence electrons. The molecule has 0 saturated carbocycles. The number of hydrogen-bond donors (Lipinski definition) is 2. The molecule has 3 heteroatoms. The van der Waals surface area contributed by atoms with Crippen LogP contribution >= 0.6 is 0 Å². The van der Waals surface area contributed by atoms with E-state index in [1.54, 1.807) is 12.1 Å². The minimum Gasteiger partial charge on any atom is -0.508 e. The highest BCUT2D eigenvalue weighted by molar-refractivity contribution is 5.83. The molecule has 2 aromatic rings. The van der Waals surface area contributed by atoms with Crippen LogP contribution in [0.3, 0.4) is 0 Å². The van der Waals surface area contributed by atoms with Crippen LogP contribution in [0, 0.1) is 0 Å². The summed E-state index contributed by atoms with van der Waals surface area (Å²) in [4.78, 5) is 0. The Bertz CT molecular complexity index is 501. The minimum atomic E-state index is 0.253. The molecule has 1 aliphatic rings. The summed E-state index contributed by atoms with van der Waals surface area (Å²) in [5.74, 6) is 0.325. The summed E-state index contributed by atoms with van der Waals surface area (Å²) in [6, 6.07) is 7.84. The van der Waals surface area contributed by atoms with Gasteiger partial charge in [0.25, 0.3) is 0 Å². The molecule has 14 heavy (non-hydrogen) atoms. The molecule has 2 heterocycles. The Morgan fingerprint density at radius 2 is 2.21 bits per heavy atom. The average Bonchev–Trinajstić information content (AvgIpc) is 2.59. The molecule has 1 aliphatic heterocycles. The summed E-state index contributed by atoms with van der Waals surface area (Å²) in [7, 11) is 0. The number of fused-ring (bicyclic) bond motifs is 3. The second kappa shape index (κ2) is 2.51. The third-order valence-corrected chi connectivity index (χ3v) is 2.86. The first-order valence-corrected chi connectivity index (χ1v) is 4.81. The second-order valence-corrected chi connectivity index (χ2v) is 3.95. The van der Waals surface area contributed by atoms with Gasteiger partial charge in [-0.05, 0) is 24.3 Å². The highest BCUT2D eigenvalue weighted by atomic mass is 16.3. The average molecular weight is 188 g/mol. The number of phenols is 1. The molecule has 1 aromatic heterocycles. The van der Waals surface area contributed by atoms with E-state index in [-0.39, 0.29) is 6.04 Å². The zero-order chi connectivity index (χ0) is 9.71. The smallest absolute Gasteiger partial charge is 0.116 e. The van der Waals surface area contributed by atoms with Gasteiger partial charge in [0.15, 0.2) is 0 Å². The van der Waals surface area contributed by atoms with Crippen molar-refractivity contribution in [2.75, 3.05) is 0 Å². The molecule has 0 bridgehead atoms. The van der Waals surface area contributed by atoms with Crippen molar-refractivity contribution < 1.29 is 5.11 Å². The van der Waals surface area contributed by atoms with E-state index in [0.717, 1.165) is 18.4 Å². The number of nitrogens with two attached hydrogens (primary N) is 1. The van der Waals surface area contributed by atoms with Gasteiger partial charge in [0.2, 0.25) is 0 Å². The highest BCUT2D eigenvalue weighted by Crippen LogP contribution is 2.27. The van der Waals surface area contributed by atoms with Crippen LogP contribution in [-0.4, -0.2) is 15.7 Å². The van der Waals surface area contributed by atoms with Crippen molar-refractivity contribution in [2.24, 2.45) is 5.73 Å². The van der Waals surface area contributed by atoms with Crippen molar-refractivity contribution >= 4 is 10.9 Å². The van der Waals surface area contributed by atoms with Crippen LogP contribution in [0.25, 0.3) is 10.9 Å². The van der Waals surface area contributed by atoms with Crippen LogP contribution in [0.2, 0.25) is 0 Å². The van der Waals surface area contributed by atoms with Gasteiger partial charge >= 0.3 is 0 Å². The number of nitrogens with zero attached hydrogens (tertiary/aromatic N) is 1. The Hall–Kier alpha value is -1.48. The Balaban J connectivity index is 2.28. The third kappa shape index (κ3) is 0.960. The fraction of sp³-hybridized carbons (Fsp3) is 0.273. The van der Waals surface area contributed by atoms with Gasteiger partial charge in [-0.2, -0.15) is 0 Å². The molecule has 1 aromatic carbocycles.